The summed E-state index contributed by atoms with van der Waals surface area (Å²) in [5.74, 6) is 0.699. The van der Waals surface area contributed by atoms with Gasteiger partial charge in [-0.1, -0.05) is 86.1 Å². The van der Waals surface area contributed by atoms with Crippen molar-refractivity contribution in [3.63, 3.8) is 0 Å². The Hall–Kier alpha value is -2.35. The van der Waals surface area contributed by atoms with Gasteiger partial charge in [0.25, 0.3) is 5.91 Å². The molecule has 1 amide bonds. The first-order valence-electron chi connectivity index (χ1n) is 10.6. The van der Waals surface area contributed by atoms with Gasteiger partial charge in [-0.2, -0.15) is 5.10 Å². The van der Waals surface area contributed by atoms with Gasteiger partial charge in [-0.25, -0.2) is 5.43 Å². The highest BCUT2D eigenvalue weighted by molar-refractivity contribution is 7.99. The van der Waals surface area contributed by atoms with E-state index in [1.54, 1.807) is 25.1 Å². The van der Waals surface area contributed by atoms with E-state index >= 15 is 0 Å². The Labute approximate surface area is 208 Å². The van der Waals surface area contributed by atoms with Crippen molar-refractivity contribution >= 4 is 46.6 Å². The molecule has 3 rings (SSSR count). The summed E-state index contributed by atoms with van der Waals surface area (Å²) in [6, 6.07) is 13.5. The fourth-order valence-electron chi connectivity index (χ4n) is 3.17. The number of carbonyl (C=O) groups excluding carboxylic acids is 1. The Bertz CT molecular complexity index is 1170. The molecule has 1 N–H and O–H groups in total. The average molecular weight is 504 g/mol. The maximum absolute atomic E-state index is 12.3. The minimum absolute atomic E-state index is 0.0884. The quantitative estimate of drug-likeness (QED) is 0.236. The molecule has 0 radical (unpaired) electrons. The monoisotopic (exact) mass is 503 g/mol. The third-order valence-corrected chi connectivity index (χ3v) is 6.56. The molecule has 0 aliphatic heterocycles. The third kappa shape index (κ3) is 6.37. The minimum atomic E-state index is -0.244. The number of rotatable bonds is 7. The molecule has 3 aromatic rings. The highest BCUT2D eigenvalue weighted by atomic mass is 35.5. The van der Waals surface area contributed by atoms with E-state index in [9.17, 15) is 4.79 Å². The van der Waals surface area contributed by atoms with Crippen LogP contribution in [0.2, 0.25) is 10.0 Å². The molecular formula is C24H27Cl2N5OS. The average Bonchev–Trinajstić information content (AvgIpc) is 3.18. The molecule has 0 unspecified atom stereocenters. The van der Waals surface area contributed by atoms with Crippen LogP contribution in [-0.2, 0) is 16.8 Å². The summed E-state index contributed by atoms with van der Waals surface area (Å²) in [5.41, 5.74) is 6.21. The van der Waals surface area contributed by atoms with Crippen LogP contribution >= 0.6 is 35.0 Å². The van der Waals surface area contributed by atoms with Crippen molar-refractivity contribution < 1.29 is 4.79 Å². The number of hydrogen-bond acceptors (Lipinski definition) is 5. The highest BCUT2D eigenvalue weighted by Crippen LogP contribution is 2.27. The molecule has 0 aliphatic carbocycles. The molecule has 33 heavy (non-hydrogen) atoms. The maximum Gasteiger partial charge on any atom is 0.250 e. The Balaban J connectivity index is 1.66. The van der Waals surface area contributed by atoms with Gasteiger partial charge in [0.1, 0.15) is 0 Å². The van der Waals surface area contributed by atoms with Gasteiger partial charge < -0.3 is 4.57 Å². The van der Waals surface area contributed by atoms with Crippen LogP contribution < -0.4 is 5.43 Å². The summed E-state index contributed by atoms with van der Waals surface area (Å²) in [4.78, 5) is 12.3. The van der Waals surface area contributed by atoms with Crippen molar-refractivity contribution in [3.05, 3.63) is 63.6 Å². The van der Waals surface area contributed by atoms with Crippen molar-refractivity contribution in [2.24, 2.45) is 5.10 Å². The zero-order chi connectivity index (χ0) is 24.2. The van der Waals surface area contributed by atoms with E-state index in [0.717, 1.165) is 11.4 Å². The second kappa shape index (κ2) is 10.7. The van der Waals surface area contributed by atoms with E-state index in [4.69, 9.17) is 23.2 Å². The van der Waals surface area contributed by atoms with Gasteiger partial charge in [-0.15, -0.1) is 10.2 Å². The van der Waals surface area contributed by atoms with Crippen molar-refractivity contribution in [3.8, 4) is 11.4 Å². The van der Waals surface area contributed by atoms with Crippen LogP contribution in [0.15, 0.2) is 52.7 Å². The lowest BCUT2D eigenvalue weighted by molar-refractivity contribution is -0.118. The van der Waals surface area contributed by atoms with Crippen LogP contribution in [0, 0.1) is 0 Å². The van der Waals surface area contributed by atoms with E-state index in [1.807, 2.05) is 11.5 Å². The van der Waals surface area contributed by atoms with Gasteiger partial charge in [0.15, 0.2) is 11.0 Å². The topological polar surface area (TPSA) is 72.2 Å². The van der Waals surface area contributed by atoms with Crippen LogP contribution in [0.4, 0.5) is 0 Å². The minimum Gasteiger partial charge on any atom is -0.302 e. The molecular weight excluding hydrogens is 477 g/mol. The lowest BCUT2D eigenvalue weighted by atomic mass is 9.87. The van der Waals surface area contributed by atoms with Gasteiger partial charge in [0.05, 0.1) is 16.5 Å². The van der Waals surface area contributed by atoms with Gasteiger partial charge in [-0.05, 0) is 37.0 Å². The fraction of sp³-hybridized carbons (Fsp3) is 0.333. The molecule has 1 aromatic heterocycles. The Morgan fingerprint density at radius 1 is 1.12 bits per heavy atom. The first-order chi connectivity index (χ1) is 15.6. The van der Waals surface area contributed by atoms with Crippen LogP contribution in [0.5, 0.6) is 0 Å². The number of benzene rings is 2. The number of aromatic nitrogens is 3. The number of amides is 1. The number of hydrazone groups is 1. The van der Waals surface area contributed by atoms with Crippen LogP contribution in [0.25, 0.3) is 11.4 Å². The first kappa shape index (κ1) is 25.3. The molecule has 9 heteroatoms. The summed E-state index contributed by atoms with van der Waals surface area (Å²) < 4.78 is 2.01. The Morgan fingerprint density at radius 3 is 2.42 bits per heavy atom. The van der Waals surface area contributed by atoms with Crippen molar-refractivity contribution in [2.45, 2.75) is 51.7 Å². The van der Waals surface area contributed by atoms with E-state index in [0.29, 0.717) is 33.0 Å². The van der Waals surface area contributed by atoms with E-state index in [2.05, 4.69) is 65.8 Å². The molecule has 0 bridgehead atoms. The summed E-state index contributed by atoms with van der Waals surface area (Å²) in [6.07, 6.45) is 0. The standard InChI is InChI=1S/C24H27Cl2N5OS/c1-6-31-22(16-7-9-17(10-8-16)24(3,4)5)29-30-23(31)33-14-21(32)28-27-15(2)19-12-11-18(25)13-20(19)26/h7-13H,6,14H2,1-5H3,(H,28,32). The smallest absolute Gasteiger partial charge is 0.250 e. The second-order valence-corrected chi connectivity index (χ2v) is 10.3. The highest BCUT2D eigenvalue weighted by Gasteiger charge is 2.17. The molecule has 6 nitrogen and oxygen atoms in total. The zero-order valence-corrected chi connectivity index (χ0v) is 21.6. The Kier molecular flexibility index (Phi) is 8.21. The van der Waals surface area contributed by atoms with Gasteiger partial charge in [0, 0.05) is 22.7 Å². The molecule has 0 saturated heterocycles. The predicted octanol–water partition coefficient (Wildman–Crippen LogP) is 6.20. The molecule has 0 spiro atoms. The van der Waals surface area contributed by atoms with Crippen molar-refractivity contribution in [1.82, 2.24) is 20.2 Å². The predicted molar refractivity (Wildman–Crippen MR) is 137 cm³/mol. The van der Waals surface area contributed by atoms with Crippen LogP contribution in [0.3, 0.4) is 0 Å². The zero-order valence-electron chi connectivity index (χ0n) is 19.3. The van der Waals surface area contributed by atoms with Crippen LogP contribution in [-0.4, -0.2) is 32.1 Å². The van der Waals surface area contributed by atoms with E-state index < -0.39 is 0 Å². The number of hydrogen-bond donors (Lipinski definition) is 1. The lowest BCUT2D eigenvalue weighted by Crippen LogP contribution is -2.21. The lowest BCUT2D eigenvalue weighted by Gasteiger charge is -2.19. The summed E-state index contributed by atoms with van der Waals surface area (Å²) in [7, 11) is 0. The number of halogens is 2. The largest absolute Gasteiger partial charge is 0.302 e. The van der Waals surface area contributed by atoms with Gasteiger partial charge in [0.2, 0.25) is 0 Å². The summed E-state index contributed by atoms with van der Waals surface area (Å²) in [5, 5.41) is 14.5. The fourth-order valence-corrected chi connectivity index (χ4v) is 4.51. The maximum atomic E-state index is 12.3. The number of nitrogens with zero attached hydrogens (tertiary/aromatic N) is 4. The number of nitrogens with one attached hydrogen (secondary N) is 1. The molecule has 1 heterocycles. The molecule has 0 fully saturated rings. The normalized spacial score (nSPS) is 12.2. The summed E-state index contributed by atoms with van der Waals surface area (Å²) in [6.45, 7) is 11.1. The molecule has 2 aromatic carbocycles. The molecule has 0 atom stereocenters. The second-order valence-electron chi connectivity index (χ2n) is 8.52. The molecule has 0 saturated carbocycles. The van der Waals surface area contributed by atoms with Gasteiger partial charge in [-0.3, -0.25) is 4.79 Å². The number of thioether (sulfide) groups is 1. The van der Waals surface area contributed by atoms with E-state index in [-0.39, 0.29) is 17.1 Å². The van der Waals surface area contributed by atoms with Crippen molar-refractivity contribution in [1.29, 1.82) is 0 Å². The first-order valence-corrected chi connectivity index (χ1v) is 12.3. The van der Waals surface area contributed by atoms with Gasteiger partial charge >= 0.3 is 0 Å². The van der Waals surface area contributed by atoms with Crippen LogP contribution in [0.1, 0.15) is 45.7 Å². The van der Waals surface area contributed by atoms with Crippen molar-refractivity contribution in [2.75, 3.05) is 5.75 Å². The SMILES string of the molecule is CCn1c(SCC(=O)NN=C(C)c2ccc(Cl)cc2Cl)nnc1-c1ccc(C(C)(C)C)cc1. The number of carbonyl (C=O) groups is 1. The van der Waals surface area contributed by atoms with E-state index in [1.165, 1.54) is 17.3 Å². The molecule has 0 aliphatic rings. The Morgan fingerprint density at radius 2 is 1.82 bits per heavy atom. The molecule has 174 valence electrons. The summed E-state index contributed by atoms with van der Waals surface area (Å²) >= 11 is 13.4. The third-order valence-electron chi connectivity index (χ3n) is 5.04.